The number of allylic oxidation sites excluding steroid dienone is 2. The van der Waals surface area contributed by atoms with Crippen molar-refractivity contribution in [1.29, 1.82) is 0 Å². The summed E-state index contributed by atoms with van der Waals surface area (Å²) in [7, 11) is 0. The van der Waals surface area contributed by atoms with Gasteiger partial charge in [0, 0.05) is 47.8 Å². The van der Waals surface area contributed by atoms with Gasteiger partial charge in [-0.3, -0.25) is 9.59 Å². The number of carbonyl (C=O) groups is 2. The summed E-state index contributed by atoms with van der Waals surface area (Å²) in [5.41, 5.74) is 5.48. The van der Waals surface area contributed by atoms with Gasteiger partial charge in [-0.25, -0.2) is 0 Å². The van der Waals surface area contributed by atoms with E-state index in [9.17, 15) is 9.59 Å². The lowest BCUT2D eigenvalue weighted by atomic mass is 9.71. The normalized spacial score (nSPS) is 18.8. The van der Waals surface area contributed by atoms with Gasteiger partial charge in [0.25, 0.3) is 0 Å². The van der Waals surface area contributed by atoms with Gasteiger partial charge >= 0.3 is 0 Å². The van der Waals surface area contributed by atoms with E-state index < -0.39 is 5.92 Å². The van der Waals surface area contributed by atoms with Crippen LogP contribution in [0.15, 0.2) is 66.4 Å². The maximum Gasteiger partial charge on any atom is 0.209 e. The summed E-state index contributed by atoms with van der Waals surface area (Å²) in [6.07, 6.45) is 6.04. The second-order valence-corrected chi connectivity index (χ2v) is 12.1. The third-order valence-corrected chi connectivity index (χ3v) is 8.14. The predicted molar refractivity (Wildman–Crippen MR) is 151 cm³/mol. The molecule has 0 spiro atoms. The summed E-state index contributed by atoms with van der Waals surface area (Å²) in [6.45, 7) is 15.0. The van der Waals surface area contributed by atoms with Crippen LogP contribution in [0.2, 0.25) is 0 Å². The zero-order valence-corrected chi connectivity index (χ0v) is 23.0. The van der Waals surface area contributed by atoms with Gasteiger partial charge in [-0.15, -0.1) is 0 Å². The van der Waals surface area contributed by atoms with Crippen molar-refractivity contribution in [2.75, 3.05) is 6.54 Å². The minimum atomic E-state index is -0.701. The molecule has 1 saturated carbocycles. The van der Waals surface area contributed by atoms with Crippen molar-refractivity contribution < 1.29 is 14.2 Å². The third kappa shape index (κ3) is 4.31. The van der Waals surface area contributed by atoms with Crippen LogP contribution in [-0.4, -0.2) is 33.0 Å². The summed E-state index contributed by atoms with van der Waals surface area (Å²) >= 11 is 0. The number of aryl methyl sites for hydroxylation is 1. The number of ketones is 2. The fourth-order valence-electron chi connectivity index (χ4n) is 5.85. The van der Waals surface area contributed by atoms with Crippen molar-refractivity contribution in [2.45, 2.75) is 72.3 Å². The van der Waals surface area contributed by atoms with E-state index in [1.54, 1.807) is 0 Å². The fourth-order valence-corrected chi connectivity index (χ4v) is 5.85. The zero-order valence-electron chi connectivity index (χ0n) is 23.0. The van der Waals surface area contributed by atoms with Crippen molar-refractivity contribution in [3.05, 3.63) is 77.5 Å². The van der Waals surface area contributed by atoms with Crippen molar-refractivity contribution in [3.8, 4) is 0 Å². The van der Waals surface area contributed by atoms with Gasteiger partial charge < -0.3 is 4.57 Å². The SMILES string of the molecule is CC(C)CCn1cc(C2C(=O)C(=CC3=[N+](CCC(C)C)c4ccccc4C3(C)C)C2=O)c2ccccc21. The third-order valence-electron chi connectivity index (χ3n) is 8.14. The second-order valence-electron chi connectivity index (χ2n) is 12.1. The molecule has 2 heterocycles. The Labute approximate surface area is 220 Å². The molecule has 1 fully saturated rings. The Bertz CT molecular complexity index is 1430. The predicted octanol–water partition coefficient (Wildman–Crippen LogP) is 6.97. The van der Waals surface area contributed by atoms with Crippen LogP contribution in [-0.2, 0) is 21.5 Å². The average Bonchev–Trinajstić information content (AvgIpc) is 3.32. The van der Waals surface area contributed by atoms with Gasteiger partial charge in [0.15, 0.2) is 17.3 Å². The number of rotatable bonds is 8. The number of para-hydroxylation sites is 2. The molecule has 0 radical (unpaired) electrons. The number of hydrogen-bond acceptors (Lipinski definition) is 2. The summed E-state index contributed by atoms with van der Waals surface area (Å²) < 4.78 is 4.54. The lowest BCUT2D eigenvalue weighted by Gasteiger charge is -2.26. The summed E-state index contributed by atoms with van der Waals surface area (Å²) in [5.74, 6) is 0.336. The second kappa shape index (κ2) is 9.55. The zero-order chi connectivity index (χ0) is 26.5. The Morgan fingerprint density at radius 3 is 2.27 bits per heavy atom. The van der Waals surface area contributed by atoms with Crippen LogP contribution in [0.4, 0.5) is 5.69 Å². The van der Waals surface area contributed by atoms with Crippen LogP contribution in [0.1, 0.15) is 71.4 Å². The summed E-state index contributed by atoms with van der Waals surface area (Å²) in [5, 5.41) is 1.01. The molecule has 0 unspecified atom stereocenters. The fraction of sp³-hybridized carbons (Fsp3) is 0.424. The Kier molecular flexibility index (Phi) is 6.55. The summed E-state index contributed by atoms with van der Waals surface area (Å²) in [6, 6.07) is 16.6. The highest BCUT2D eigenvalue weighted by Crippen LogP contribution is 2.43. The largest absolute Gasteiger partial charge is 0.347 e. The van der Waals surface area contributed by atoms with Crippen LogP contribution in [0, 0.1) is 11.8 Å². The van der Waals surface area contributed by atoms with E-state index in [-0.39, 0.29) is 17.0 Å². The highest BCUT2D eigenvalue weighted by atomic mass is 16.2. The van der Waals surface area contributed by atoms with Crippen LogP contribution in [0.5, 0.6) is 0 Å². The minimum Gasteiger partial charge on any atom is -0.347 e. The maximum absolute atomic E-state index is 13.6. The molecule has 2 aromatic carbocycles. The van der Waals surface area contributed by atoms with Crippen LogP contribution < -0.4 is 0 Å². The van der Waals surface area contributed by atoms with E-state index in [1.807, 2.05) is 30.5 Å². The monoisotopic (exact) mass is 495 g/mol. The standard InChI is InChI=1S/C33H39N2O2/c1-21(2)15-17-34-20-25(23-11-7-9-13-27(23)34)30-31(36)24(32(30)37)19-29-33(5,6)26-12-8-10-14-28(26)35(29)18-16-22(3)4/h7-14,19-22,30H,15-18H2,1-6H3/q+1. The van der Waals surface area contributed by atoms with E-state index in [0.29, 0.717) is 17.4 Å². The smallest absolute Gasteiger partial charge is 0.209 e. The molecule has 0 atom stereocenters. The lowest BCUT2D eigenvalue weighted by molar-refractivity contribution is -0.439. The number of carbonyl (C=O) groups excluding carboxylic acids is 2. The first-order valence-corrected chi connectivity index (χ1v) is 13.7. The number of fused-ring (bicyclic) bond motifs is 2. The molecule has 0 bridgehead atoms. The average molecular weight is 496 g/mol. The Morgan fingerprint density at radius 2 is 1.57 bits per heavy atom. The van der Waals surface area contributed by atoms with E-state index in [4.69, 9.17) is 0 Å². The van der Waals surface area contributed by atoms with Crippen LogP contribution in [0.25, 0.3) is 10.9 Å². The molecule has 0 amide bonds. The molecule has 0 N–H and O–H groups in total. The lowest BCUT2D eigenvalue weighted by Crippen LogP contribution is -2.40. The number of benzene rings is 2. The van der Waals surface area contributed by atoms with Gasteiger partial charge in [-0.05, 0) is 43.7 Å². The number of aromatic nitrogens is 1. The molecule has 5 rings (SSSR count). The van der Waals surface area contributed by atoms with Crippen molar-refractivity contribution in [2.24, 2.45) is 11.8 Å². The molecule has 2 aliphatic rings. The summed E-state index contributed by atoms with van der Waals surface area (Å²) in [4.78, 5) is 27.2. The first-order chi connectivity index (χ1) is 17.6. The van der Waals surface area contributed by atoms with Gasteiger partial charge in [0.1, 0.15) is 12.5 Å². The molecule has 1 aliphatic carbocycles. The Hall–Kier alpha value is -3.27. The first kappa shape index (κ1) is 25.4. The molecule has 4 nitrogen and oxygen atoms in total. The molecule has 192 valence electrons. The van der Waals surface area contributed by atoms with Crippen LogP contribution in [0.3, 0.4) is 0 Å². The maximum atomic E-state index is 13.6. The van der Waals surface area contributed by atoms with Crippen molar-refractivity contribution in [1.82, 2.24) is 4.57 Å². The highest BCUT2D eigenvalue weighted by Gasteiger charge is 2.50. The topological polar surface area (TPSA) is 42.1 Å². The van der Waals surface area contributed by atoms with Gasteiger partial charge in [0.2, 0.25) is 5.69 Å². The quantitative estimate of drug-likeness (QED) is 0.147. The Balaban J connectivity index is 1.52. The van der Waals surface area contributed by atoms with E-state index >= 15 is 0 Å². The van der Waals surface area contributed by atoms with E-state index in [2.05, 4.69) is 81.0 Å². The Morgan fingerprint density at radius 1 is 0.919 bits per heavy atom. The van der Waals surface area contributed by atoms with Crippen molar-refractivity contribution >= 4 is 33.9 Å². The molecular weight excluding hydrogens is 456 g/mol. The van der Waals surface area contributed by atoms with Gasteiger partial charge in [0.05, 0.1) is 11.0 Å². The molecule has 37 heavy (non-hydrogen) atoms. The van der Waals surface area contributed by atoms with Crippen molar-refractivity contribution in [3.63, 3.8) is 0 Å². The van der Waals surface area contributed by atoms with E-state index in [1.165, 1.54) is 11.3 Å². The molecular formula is C33H39N2O2+. The van der Waals surface area contributed by atoms with E-state index in [0.717, 1.165) is 48.1 Å². The minimum absolute atomic E-state index is 0.0557. The number of hydrogen-bond donors (Lipinski definition) is 0. The van der Waals surface area contributed by atoms with Gasteiger partial charge in [-0.2, -0.15) is 4.58 Å². The molecule has 1 aliphatic heterocycles. The van der Waals surface area contributed by atoms with Crippen LogP contribution >= 0.6 is 0 Å². The molecule has 4 heteroatoms. The molecule has 3 aromatic rings. The molecule has 1 aromatic heterocycles. The molecule has 0 saturated heterocycles. The highest BCUT2D eigenvalue weighted by molar-refractivity contribution is 6.43. The number of Topliss-reactive ketones (excluding diaryl/α,β-unsaturated/α-hetero) is 2. The number of nitrogens with zero attached hydrogens (tertiary/aromatic N) is 2. The van der Waals surface area contributed by atoms with Gasteiger partial charge in [-0.1, -0.05) is 64.1 Å². The first-order valence-electron chi connectivity index (χ1n) is 13.7.